The molecule has 0 aliphatic rings. The number of aliphatic hydroxyl groups excluding tert-OH is 1. The number of alkyl halides is 5. The van der Waals surface area contributed by atoms with E-state index in [9.17, 15) is 27.1 Å². The van der Waals surface area contributed by atoms with Gasteiger partial charge >= 0.3 is 12.1 Å². The Hall–Kier alpha value is -3.15. The van der Waals surface area contributed by atoms with Crippen molar-refractivity contribution in [1.82, 2.24) is 25.2 Å². The molecule has 0 radical (unpaired) electrons. The van der Waals surface area contributed by atoms with E-state index in [-0.39, 0.29) is 5.75 Å². The van der Waals surface area contributed by atoms with Crippen LogP contribution in [0.2, 0.25) is 0 Å². The van der Waals surface area contributed by atoms with Crippen LogP contribution in [0.4, 0.5) is 22.0 Å². The Kier molecular flexibility index (Phi) is 5.73. The molecule has 3 rings (SSSR count). The van der Waals surface area contributed by atoms with Gasteiger partial charge in [-0.1, -0.05) is 18.2 Å². The molecule has 0 fully saturated rings. The fourth-order valence-electron chi connectivity index (χ4n) is 2.40. The molecule has 0 aliphatic carbocycles. The number of hydrogen-bond acceptors (Lipinski definition) is 6. The molecule has 0 saturated heterocycles. The summed E-state index contributed by atoms with van der Waals surface area (Å²) in [4.78, 5) is 3.72. The van der Waals surface area contributed by atoms with Gasteiger partial charge in [0.1, 0.15) is 23.9 Å². The van der Waals surface area contributed by atoms with Crippen LogP contribution in [0.1, 0.15) is 5.69 Å². The predicted molar refractivity (Wildman–Crippen MR) is 88.9 cm³/mol. The van der Waals surface area contributed by atoms with Crippen molar-refractivity contribution in [2.75, 3.05) is 6.61 Å². The lowest BCUT2D eigenvalue weighted by Gasteiger charge is -2.21. The molecule has 2 aromatic heterocycles. The summed E-state index contributed by atoms with van der Waals surface area (Å²) in [5.41, 5.74) is 0.356. The van der Waals surface area contributed by atoms with Crippen molar-refractivity contribution in [1.29, 1.82) is 0 Å². The number of ether oxygens (including phenoxy) is 1. The van der Waals surface area contributed by atoms with E-state index in [2.05, 4.69) is 25.2 Å². The summed E-state index contributed by atoms with van der Waals surface area (Å²) < 4.78 is 70.9. The molecule has 7 nitrogen and oxygen atoms in total. The Labute approximate surface area is 160 Å². The Morgan fingerprint density at radius 1 is 1.00 bits per heavy atom. The number of nitrogens with zero attached hydrogens (tertiary/aromatic N) is 5. The van der Waals surface area contributed by atoms with Gasteiger partial charge in [0.25, 0.3) is 0 Å². The van der Waals surface area contributed by atoms with Crippen molar-refractivity contribution < 1.29 is 31.8 Å². The molecule has 3 aromatic rings. The van der Waals surface area contributed by atoms with Crippen LogP contribution in [-0.2, 0) is 12.5 Å². The second-order valence-corrected chi connectivity index (χ2v) is 6.03. The first kappa shape index (κ1) is 20.6. The summed E-state index contributed by atoms with van der Waals surface area (Å²) in [5.74, 6) is -3.63. The first-order valence-electron chi connectivity index (χ1n) is 8.18. The fourth-order valence-corrected chi connectivity index (χ4v) is 2.40. The smallest absolute Gasteiger partial charge is 0.422 e. The molecule has 1 N–H and O–H groups in total. The molecular weight excluding hydrogens is 401 g/mol. The van der Waals surface area contributed by atoms with Gasteiger partial charge in [0, 0.05) is 11.8 Å². The van der Waals surface area contributed by atoms with Gasteiger partial charge < -0.3 is 9.84 Å². The minimum atomic E-state index is -4.45. The number of hydrogen-bond donors (Lipinski definition) is 1. The Morgan fingerprint density at radius 3 is 2.24 bits per heavy atom. The normalized spacial score (nSPS) is 13.3. The molecule has 29 heavy (non-hydrogen) atoms. The van der Waals surface area contributed by atoms with E-state index in [1.165, 1.54) is 36.5 Å². The SMILES string of the molecule is OC(Cn1cnnn1)C(F)(F)c1ccc(-c2ccc(OCC(F)(F)F)cc2)cn1. The standard InChI is InChI=1S/C17H14F5N5O2/c18-16(19,20)9-29-13-4-1-11(2-5-13)12-3-6-14(23-7-12)17(21,22)15(28)8-27-10-24-25-26-27/h1-7,10,15,28H,8-9H2. The highest BCUT2D eigenvalue weighted by Gasteiger charge is 2.42. The number of rotatable bonds is 7. The minimum absolute atomic E-state index is 0.0212. The molecule has 12 heteroatoms. The molecule has 0 bridgehead atoms. The van der Waals surface area contributed by atoms with Gasteiger partial charge in [-0.25, -0.2) is 4.68 Å². The third-order valence-electron chi connectivity index (χ3n) is 3.87. The fraction of sp³-hybridized carbons (Fsp3) is 0.294. The van der Waals surface area contributed by atoms with E-state index in [0.29, 0.717) is 11.1 Å². The molecule has 1 aromatic carbocycles. The molecule has 1 atom stereocenters. The molecule has 0 aliphatic heterocycles. The lowest BCUT2D eigenvalue weighted by molar-refractivity contribution is -0.153. The lowest BCUT2D eigenvalue weighted by Crippen LogP contribution is -2.35. The second-order valence-electron chi connectivity index (χ2n) is 6.03. The number of aliphatic hydroxyl groups is 1. The van der Waals surface area contributed by atoms with Crippen LogP contribution in [0.15, 0.2) is 48.9 Å². The van der Waals surface area contributed by atoms with Crippen LogP contribution in [0.5, 0.6) is 5.75 Å². The summed E-state index contributed by atoms with van der Waals surface area (Å²) in [6, 6.07) is 8.05. The summed E-state index contributed by atoms with van der Waals surface area (Å²) in [7, 11) is 0. The van der Waals surface area contributed by atoms with Crippen LogP contribution in [0, 0.1) is 0 Å². The molecule has 154 valence electrons. The number of benzene rings is 1. The average Bonchev–Trinajstić information content (AvgIpc) is 3.19. The van der Waals surface area contributed by atoms with Crippen LogP contribution in [0.3, 0.4) is 0 Å². The molecular formula is C17H14F5N5O2. The van der Waals surface area contributed by atoms with Gasteiger partial charge in [0.05, 0.1) is 6.54 Å². The molecule has 0 spiro atoms. The van der Waals surface area contributed by atoms with Crippen molar-refractivity contribution >= 4 is 0 Å². The Balaban J connectivity index is 1.69. The molecule has 0 saturated carbocycles. The van der Waals surface area contributed by atoms with Gasteiger partial charge in [-0.3, -0.25) is 4.98 Å². The highest BCUT2D eigenvalue weighted by atomic mass is 19.4. The van der Waals surface area contributed by atoms with E-state index >= 15 is 0 Å². The topological polar surface area (TPSA) is 86.0 Å². The zero-order chi connectivity index (χ0) is 21.1. The van der Waals surface area contributed by atoms with Crippen molar-refractivity contribution in [3.63, 3.8) is 0 Å². The monoisotopic (exact) mass is 415 g/mol. The van der Waals surface area contributed by atoms with Crippen molar-refractivity contribution in [2.24, 2.45) is 0 Å². The molecule has 0 amide bonds. The van der Waals surface area contributed by atoms with Gasteiger partial charge in [-0.15, -0.1) is 5.10 Å². The van der Waals surface area contributed by atoms with Crippen LogP contribution < -0.4 is 4.74 Å². The summed E-state index contributed by atoms with van der Waals surface area (Å²) in [6.07, 6.45) is -4.27. The maximum atomic E-state index is 14.4. The Morgan fingerprint density at radius 2 is 1.69 bits per heavy atom. The maximum Gasteiger partial charge on any atom is 0.422 e. The number of pyridine rings is 1. The third kappa shape index (κ3) is 5.22. The van der Waals surface area contributed by atoms with Crippen LogP contribution in [0.25, 0.3) is 11.1 Å². The third-order valence-corrected chi connectivity index (χ3v) is 3.87. The van der Waals surface area contributed by atoms with E-state index in [1.54, 1.807) is 0 Å². The molecule has 1 unspecified atom stereocenters. The maximum absolute atomic E-state index is 14.4. The number of tetrazole rings is 1. The van der Waals surface area contributed by atoms with Crippen molar-refractivity contribution in [2.45, 2.75) is 24.7 Å². The first-order valence-corrected chi connectivity index (χ1v) is 8.18. The quantitative estimate of drug-likeness (QED) is 0.598. The van der Waals surface area contributed by atoms with Crippen molar-refractivity contribution in [3.05, 3.63) is 54.6 Å². The minimum Gasteiger partial charge on any atom is -0.484 e. The first-order chi connectivity index (χ1) is 13.6. The van der Waals surface area contributed by atoms with E-state index in [0.717, 1.165) is 17.1 Å². The van der Waals surface area contributed by atoms with Gasteiger partial charge in [-0.2, -0.15) is 22.0 Å². The Bertz CT molecular complexity index is 915. The summed E-state index contributed by atoms with van der Waals surface area (Å²) in [5, 5.41) is 19.8. The lowest BCUT2D eigenvalue weighted by atomic mass is 10.0. The number of halogens is 5. The zero-order valence-electron chi connectivity index (χ0n) is 14.6. The average molecular weight is 415 g/mol. The van der Waals surface area contributed by atoms with E-state index < -0.39 is 37.0 Å². The van der Waals surface area contributed by atoms with Crippen LogP contribution in [-0.4, -0.2) is 49.2 Å². The van der Waals surface area contributed by atoms with Gasteiger partial charge in [0.2, 0.25) is 0 Å². The summed E-state index contributed by atoms with van der Waals surface area (Å²) in [6.45, 7) is -1.94. The largest absolute Gasteiger partial charge is 0.484 e. The summed E-state index contributed by atoms with van der Waals surface area (Å²) >= 11 is 0. The predicted octanol–water partition coefficient (Wildman–Crippen LogP) is 2.83. The highest BCUT2D eigenvalue weighted by Crippen LogP contribution is 2.32. The number of aromatic nitrogens is 5. The zero-order valence-corrected chi connectivity index (χ0v) is 14.6. The van der Waals surface area contributed by atoms with E-state index in [4.69, 9.17) is 0 Å². The van der Waals surface area contributed by atoms with Crippen LogP contribution >= 0.6 is 0 Å². The van der Waals surface area contributed by atoms with E-state index in [1.807, 2.05) is 0 Å². The highest BCUT2D eigenvalue weighted by molar-refractivity contribution is 5.63. The second kappa shape index (κ2) is 8.07. The van der Waals surface area contributed by atoms with Crippen molar-refractivity contribution in [3.8, 4) is 16.9 Å². The van der Waals surface area contributed by atoms with Gasteiger partial charge in [-0.05, 0) is 34.2 Å². The molecule has 2 heterocycles. The van der Waals surface area contributed by atoms with Gasteiger partial charge in [0.15, 0.2) is 6.61 Å².